The molecule has 0 aliphatic heterocycles. The molecule has 1 aromatic heterocycles. The maximum absolute atomic E-state index is 13.0. The van der Waals surface area contributed by atoms with Crippen molar-refractivity contribution >= 4 is 44.5 Å². The van der Waals surface area contributed by atoms with Gasteiger partial charge in [0.15, 0.2) is 0 Å². The van der Waals surface area contributed by atoms with Crippen molar-refractivity contribution in [2.24, 2.45) is 0 Å². The first-order chi connectivity index (χ1) is 14.1. The molecule has 3 aromatic carbocycles. The Bertz CT molecular complexity index is 1160. The lowest BCUT2D eigenvalue weighted by molar-refractivity contribution is 0.0944. The first kappa shape index (κ1) is 19.6. The van der Waals surface area contributed by atoms with E-state index in [1.165, 1.54) is 0 Å². The summed E-state index contributed by atoms with van der Waals surface area (Å²) in [6.45, 7) is 0.451. The number of benzene rings is 3. The van der Waals surface area contributed by atoms with Crippen LogP contribution in [0.1, 0.15) is 16.1 Å². The topological polar surface area (TPSA) is 54.1 Å². The minimum atomic E-state index is -0.140. The summed E-state index contributed by atoms with van der Waals surface area (Å²) in [6, 6.07) is 23.8. The number of aromatic amines is 1. The molecule has 0 aliphatic rings. The van der Waals surface area contributed by atoms with E-state index < -0.39 is 0 Å². The summed E-state index contributed by atoms with van der Waals surface area (Å²) in [5, 5.41) is 4.02. The van der Waals surface area contributed by atoms with E-state index >= 15 is 0 Å². The minimum Gasteiger partial charge on any atom is -0.497 e. The molecular weight excluding hydrogens is 448 g/mol. The third-order valence-electron chi connectivity index (χ3n) is 4.49. The van der Waals surface area contributed by atoms with Crippen molar-refractivity contribution in [3.8, 4) is 5.75 Å². The summed E-state index contributed by atoms with van der Waals surface area (Å²) >= 11 is 5.04. The molecular formula is C23H19BrN2O2S. The molecule has 146 valence electrons. The molecule has 4 nitrogen and oxygen atoms in total. The maximum atomic E-state index is 13.0. The molecule has 6 heteroatoms. The predicted molar refractivity (Wildman–Crippen MR) is 121 cm³/mol. The van der Waals surface area contributed by atoms with E-state index in [-0.39, 0.29) is 5.91 Å². The largest absolute Gasteiger partial charge is 0.497 e. The average Bonchev–Trinajstić information content (AvgIpc) is 3.10. The molecule has 0 aliphatic carbocycles. The highest BCUT2D eigenvalue weighted by Gasteiger charge is 2.19. The second kappa shape index (κ2) is 8.76. The quantitative estimate of drug-likeness (QED) is 0.365. The van der Waals surface area contributed by atoms with Crippen LogP contribution in [-0.2, 0) is 6.54 Å². The Morgan fingerprint density at radius 2 is 1.90 bits per heavy atom. The monoisotopic (exact) mass is 466 g/mol. The Kier molecular flexibility index (Phi) is 5.92. The normalized spacial score (nSPS) is 10.8. The second-order valence-corrected chi connectivity index (χ2v) is 8.47. The van der Waals surface area contributed by atoms with E-state index in [0.29, 0.717) is 12.2 Å². The number of halogens is 1. The summed E-state index contributed by atoms with van der Waals surface area (Å²) in [5.74, 6) is 0.606. The van der Waals surface area contributed by atoms with E-state index in [0.717, 1.165) is 36.5 Å². The van der Waals surface area contributed by atoms with Crippen molar-refractivity contribution in [3.63, 3.8) is 0 Å². The van der Waals surface area contributed by atoms with Gasteiger partial charge in [-0.2, -0.15) is 0 Å². The predicted octanol–water partition coefficient (Wildman–Crippen LogP) is 6.02. The van der Waals surface area contributed by atoms with Gasteiger partial charge in [0.05, 0.1) is 17.5 Å². The number of carbonyl (C=O) groups is 1. The Morgan fingerprint density at radius 1 is 1.07 bits per heavy atom. The SMILES string of the molecule is COc1ccc2c(Sc3ccccc3)c(C(=O)NCc3cccc(Br)c3)[nH]c2c1. The van der Waals surface area contributed by atoms with E-state index in [4.69, 9.17) is 4.74 Å². The maximum Gasteiger partial charge on any atom is 0.269 e. The van der Waals surface area contributed by atoms with Crippen LogP contribution in [0.25, 0.3) is 10.9 Å². The molecule has 0 fully saturated rings. The molecule has 4 aromatic rings. The lowest BCUT2D eigenvalue weighted by Gasteiger charge is -2.07. The highest BCUT2D eigenvalue weighted by molar-refractivity contribution is 9.10. The molecule has 0 saturated heterocycles. The Labute approximate surface area is 181 Å². The van der Waals surface area contributed by atoms with Crippen LogP contribution < -0.4 is 10.1 Å². The van der Waals surface area contributed by atoms with Gasteiger partial charge in [0, 0.05) is 27.4 Å². The van der Waals surface area contributed by atoms with Gasteiger partial charge in [-0.15, -0.1) is 0 Å². The van der Waals surface area contributed by atoms with Crippen LogP contribution in [0.2, 0.25) is 0 Å². The highest BCUT2D eigenvalue weighted by atomic mass is 79.9. The number of aromatic nitrogens is 1. The van der Waals surface area contributed by atoms with Crippen LogP contribution in [0.5, 0.6) is 5.75 Å². The van der Waals surface area contributed by atoms with Crippen LogP contribution in [0, 0.1) is 0 Å². The first-order valence-electron chi connectivity index (χ1n) is 9.09. The zero-order valence-electron chi connectivity index (χ0n) is 15.7. The number of amides is 1. The Morgan fingerprint density at radius 3 is 2.66 bits per heavy atom. The van der Waals surface area contributed by atoms with Gasteiger partial charge in [0.2, 0.25) is 0 Å². The van der Waals surface area contributed by atoms with Gasteiger partial charge in [0.1, 0.15) is 11.4 Å². The van der Waals surface area contributed by atoms with Crippen molar-refractivity contribution in [1.82, 2.24) is 10.3 Å². The molecule has 29 heavy (non-hydrogen) atoms. The Balaban J connectivity index is 1.67. The standard InChI is InChI=1S/C23H19BrN2O2S/c1-28-17-10-11-19-20(13-17)26-21(22(19)29-18-8-3-2-4-9-18)23(27)25-14-15-6-5-7-16(24)12-15/h2-13,26H,14H2,1H3,(H,25,27). The number of nitrogens with one attached hydrogen (secondary N) is 2. The average molecular weight is 467 g/mol. The van der Waals surface area contributed by atoms with Crippen molar-refractivity contribution in [2.75, 3.05) is 7.11 Å². The van der Waals surface area contributed by atoms with Crippen LogP contribution >= 0.6 is 27.7 Å². The van der Waals surface area contributed by atoms with E-state index in [9.17, 15) is 4.79 Å². The summed E-state index contributed by atoms with van der Waals surface area (Å²) in [5.41, 5.74) is 2.45. The number of methoxy groups -OCH3 is 1. The van der Waals surface area contributed by atoms with Crippen LogP contribution in [0.3, 0.4) is 0 Å². The van der Waals surface area contributed by atoms with Crippen molar-refractivity contribution in [3.05, 3.63) is 88.5 Å². The third kappa shape index (κ3) is 4.49. The van der Waals surface area contributed by atoms with Crippen LogP contribution in [0.4, 0.5) is 0 Å². The van der Waals surface area contributed by atoms with Crippen molar-refractivity contribution in [2.45, 2.75) is 16.3 Å². The fourth-order valence-electron chi connectivity index (χ4n) is 3.07. The molecule has 0 spiro atoms. The highest BCUT2D eigenvalue weighted by Crippen LogP contribution is 2.37. The summed E-state index contributed by atoms with van der Waals surface area (Å²) < 4.78 is 6.32. The lowest BCUT2D eigenvalue weighted by Crippen LogP contribution is -2.23. The smallest absolute Gasteiger partial charge is 0.269 e. The third-order valence-corrected chi connectivity index (χ3v) is 6.12. The Hall–Kier alpha value is -2.70. The minimum absolute atomic E-state index is 0.140. The molecule has 0 saturated carbocycles. The number of hydrogen-bond donors (Lipinski definition) is 2. The number of fused-ring (bicyclic) bond motifs is 1. The van der Waals surface area contributed by atoms with Crippen molar-refractivity contribution < 1.29 is 9.53 Å². The molecule has 0 radical (unpaired) electrons. The molecule has 1 heterocycles. The number of ether oxygens (including phenoxy) is 1. The van der Waals surface area contributed by atoms with Crippen LogP contribution in [-0.4, -0.2) is 18.0 Å². The lowest BCUT2D eigenvalue weighted by atomic mass is 10.2. The number of carbonyl (C=O) groups excluding carboxylic acids is 1. The number of H-pyrrole nitrogens is 1. The fraction of sp³-hybridized carbons (Fsp3) is 0.0870. The molecule has 0 unspecified atom stereocenters. The van der Waals surface area contributed by atoms with Gasteiger partial charge in [-0.1, -0.05) is 58.0 Å². The van der Waals surface area contributed by atoms with Gasteiger partial charge >= 0.3 is 0 Å². The summed E-state index contributed by atoms with van der Waals surface area (Å²) in [7, 11) is 1.63. The van der Waals surface area contributed by atoms with Crippen LogP contribution in [0.15, 0.2) is 87.1 Å². The first-order valence-corrected chi connectivity index (χ1v) is 10.7. The number of rotatable bonds is 6. The van der Waals surface area contributed by atoms with Crippen molar-refractivity contribution in [1.29, 1.82) is 0 Å². The molecule has 4 rings (SSSR count). The zero-order chi connectivity index (χ0) is 20.2. The van der Waals surface area contributed by atoms with Gasteiger partial charge < -0.3 is 15.0 Å². The molecule has 0 bridgehead atoms. The zero-order valence-corrected chi connectivity index (χ0v) is 18.1. The number of hydrogen-bond acceptors (Lipinski definition) is 3. The summed E-state index contributed by atoms with van der Waals surface area (Å²) in [4.78, 5) is 18.3. The van der Waals surface area contributed by atoms with Gasteiger partial charge in [-0.3, -0.25) is 4.79 Å². The molecule has 1 amide bonds. The fourth-order valence-corrected chi connectivity index (χ4v) is 4.58. The second-order valence-electron chi connectivity index (χ2n) is 6.47. The summed E-state index contributed by atoms with van der Waals surface area (Å²) in [6.07, 6.45) is 0. The molecule has 2 N–H and O–H groups in total. The van der Waals surface area contributed by atoms with E-state index in [2.05, 4.69) is 26.2 Å². The van der Waals surface area contributed by atoms with Gasteiger partial charge in [0.25, 0.3) is 5.91 Å². The van der Waals surface area contributed by atoms with Gasteiger partial charge in [-0.25, -0.2) is 0 Å². The van der Waals surface area contributed by atoms with E-state index in [1.54, 1.807) is 18.9 Å². The van der Waals surface area contributed by atoms with E-state index in [1.807, 2.05) is 72.8 Å². The van der Waals surface area contributed by atoms with Gasteiger partial charge in [-0.05, 0) is 42.0 Å². The molecule has 0 atom stereocenters.